The molecular formula is C17H21Cl2NS. The Morgan fingerprint density at radius 1 is 1.05 bits per heavy atom. The Hall–Kier alpha value is -0.670. The first kappa shape index (κ1) is 18.4. The van der Waals surface area contributed by atoms with Gasteiger partial charge in [0.05, 0.1) is 0 Å². The van der Waals surface area contributed by atoms with Crippen LogP contribution in [-0.2, 0) is 0 Å². The predicted molar refractivity (Wildman–Crippen MR) is 95.6 cm³/mol. The van der Waals surface area contributed by atoms with E-state index in [0.717, 1.165) is 11.4 Å². The van der Waals surface area contributed by atoms with Crippen LogP contribution in [0, 0.1) is 5.92 Å². The quantitative estimate of drug-likeness (QED) is 0.725. The summed E-state index contributed by atoms with van der Waals surface area (Å²) in [5.74, 6) is 0.596. The molecule has 1 atom stereocenters. The summed E-state index contributed by atoms with van der Waals surface area (Å²) < 4.78 is 0. The lowest BCUT2D eigenvalue weighted by Crippen LogP contribution is -2.13. The first-order chi connectivity index (χ1) is 9.56. The standard InChI is InChI=1S/C17H20ClNS.ClH/c1-12(2)11-16(19)15-5-3-4-6-17(15)20-14-9-7-13(18)8-10-14;/h3-10,12,16H,11,19H2,1-2H3;1H/t16-;/m0./s1. The predicted octanol–water partition coefficient (Wildman–Crippen LogP) is 5.96. The summed E-state index contributed by atoms with van der Waals surface area (Å²) in [6.45, 7) is 4.41. The fourth-order valence-electron chi connectivity index (χ4n) is 2.14. The van der Waals surface area contributed by atoms with Crippen molar-refractivity contribution in [1.82, 2.24) is 0 Å². The molecule has 0 aliphatic rings. The van der Waals surface area contributed by atoms with Gasteiger partial charge < -0.3 is 5.73 Å². The Labute approximate surface area is 142 Å². The summed E-state index contributed by atoms with van der Waals surface area (Å²) in [6.07, 6.45) is 0.998. The Kier molecular flexibility index (Phi) is 7.61. The highest BCUT2D eigenvalue weighted by Gasteiger charge is 2.13. The Bertz CT molecular complexity index is 555. The number of nitrogens with two attached hydrogens (primary N) is 1. The molecule has 0 aromatic heterocycles. The van der Waals surface area contributed by atoms with Crippen LogP contribution in [0.2, 0.25) is 5.02 Å². The van der Waals surface area contributed by atoms with E-state index in [9.17, 15) is 0 Å². The number of hydrogen-bond acceptors (Lipinski definition) is 2. The summed E-state index contributed by atoms with van der Waals surface area (Å²) in [7, 11) is 0. The third kappa shape index (κ3) is 5.55. The molecule has 0 saturated heterocycles. The first-order valence-electron chi connectivity index (χ1n) is 6.84. The monoisotopic (exact) mass is 341 g/mol. The molecule has 0 amide bonds. The fourth-order valence-corrected chi connectivity index (χ4v) is 3.28. The molecule has 4 heteroatoms. The van der Waals surface area contributed by atoms with Gasteiger partial charge in [-0.3, -0.25) is 0 Å². The van der Waals surface area contributed by atoms with Crippen molar-refractivity contribution < 1.29 is 0 Å². The zero-order valence-corrected chi connectivity index (χ0v) is 14.6. The van der Waals surface area contributed by atoms with E-state index in [4.69, 9.17) is 17.3 Å². The number of benzene rings is 2. The van der Waals surface area contributed by atoms with Crippen molar-refractivity contribution in [2.75, 3.05) is 0 Å². The van der Waals surface area contributed by atoms with Crippen molar-refractivity contribution in [3.63, 3.8) is 0 Å². The molecule has 0 unspecified atom stereocenters. The summed E-state index contributed by atoms with van der Waals surface area (Å²) >= 11 is 7.66. The molecule has 0 aliphatic heterocycles. The van der Waals surface area contributed by atoms with Crippen LogP contribution in [0.25, 0.3) is 0 Å². The van der Waals surface area contributed by atoms with Crippen LogP contribution < -0.4 is 5.73 Å². The molecule has 0 saturated carbocycles. The number of halogens is 2. The van der Waals surface area contributed by atoms with Crippen LogP contribution in [0.3, 0.4) is 0 Å². The smallest absolute Gasteiger partial charge is 0.0406 e. The second-order valence-corrected chi connectivity index (χ2v) is 6.88. The molecule has 0 heterocycles. The van der Waals surface area contributed by atoms with Crippen molar-refractivity contribution in [2.45, 2.75) is 36.1 Å². The van der Waals surface area contributed by atoms with Crippen LogP contribution >= 0.6 is 35.8 Å². The molecule has 0 aliphatic carbocycles. The van der Waals surface area contributed by atoms with E-state index in [0.29, 0.717) is 5.92 Å². The van der Waals surface area contributed by atoms with Crippen LogP contribution in [-0.4, -0.2) is 0 Å². The van der Waals surface area contributed by atoms with Gasteiger partial charge in [0.2, 0.25) is 0 Å². The van der Waals surface area contributed by atoms with Gasteiger partial charge in [-0.15, -0.1) is 12.4 Å². The largest absolute Gasteiger partial charge is 0.324 e. The van der Waals surface area contributed by atoms with Crippen molar-refractivity contribution in [1.29, 1.82) is 0 Å². The van der Waals surface area contributed by atoms with Gasteiger partial charge in [0.25, 0.3) is 0 Å². The van der Waals surface area contributed by atoms with Gasteiger partial charge in [0.1, 0.15) is 0 Å². The highest BCUT2D eigenvalue weighted by molar-refractivity contribution is 7.99. The minimum atomic E-state index is 0. The second-order valence-electron chi connectivity index (χ2n) is 5.33. The van der Waals surface area contributed by atoms with E-state index < -0.39 is 0 Å². The summed E-state index contributed by atoms with van der Waals surface area (Å²) in [5.41, 5.74) is 7.56. The second kappa shape index (κ2) is 8.70. The highest BCUT2D eigenvalue weighted by Crippen LogP contribution is 2.34. The van der Waals surface area contributed by atoms with Gasteiger partial charge in [0.15, 0.2) is 0 Å². The van der Waals surface area contributed by atoms with Crippen LogP contribution in [0.15, 0.2) is 58.3 Å². The SMILES string of the molecule is CC(C)C[C@H](N)c1ccccc1Sc1ccc(Cl)cc1.Cl. The molecule has 2 rings (SSSR count). The molecule has 1 nitrogen and oxygen atoms in total. The lowest BCUT2D eigenvalue weighted by atomic mass is 9.98. The van der Waals surface area contributed by atoms with E-state index in [-0.39, 0.29) is 18.4 Å². The number of rotatable bonds is 5. The maximum absolute atomic E-state index is 6.34. The van der Waals surface area contributed by atoms with Crippen LogP contribution in [0.1, 0.15) is 31.9 Å². The zero-order valence-electron chi connectivity index (χ0n) is 12.3. The number of hydrogen-bond donors (Lipinski definition) is 1. The van der Waals surface area contributed by atoms with Gasteiger partial charge in [0, 0.05) is 20.9 Å². The summed E-state index contributed by atoms with van der Waals surface area (Å²) in [6, 6.07) is 16.4. The Morgan fingerprint density at radius 3 is 2.29 bits per heavy atom. The Balaban J connectivity index is 0.00000220. The molecule has 0 spiro atoms. The lowest BCUT2D eigenvalue weighted by molar-refractivity contribution is 0.505. The van der Waals surface area contributed by atoms with Gasteiger partial charge in [-0.2, -0.15) is 0 Å². The summed E-state index contributed by atoms with van der Waals surface area (Å²) in [5, 5.41) is 0.763. The molecule has 21 heavy (non-hydrogen) atoms. The topological polar surface area (TPSA) is 26.0 Å². The minimum absolute atomic E-state index is 0. The van der Waals surface area contributed by atoms with Crippen LogP contribution in [0.4, 0.5) is 0 Å². The van der Waals surface area contributed by atoms with E-state index in [1.165, 1.54) is 15.4 Å². The van der Waals surface area contributed by atoms with E-state index in [2.05, 4.69) is 38.1 Å². The molecule has 2 aromatic rings. The zero-order chi connectivity index (χ0) is 14.5. The molecular weight excluding hydrogens is 321 g/mol. The average Bonchev–Trinajstić information content (AvgIpc) is 2.41. The van der Waals surface area contributed by atoms with Crippen LogP contribution in [0.5, 0.6) is 0 Å². The normalized spacial score (nSPS) is 12.0. The van der Waals surface area contributed by atoms with E-state index >= 15 is 0 Å². The maximum atomic E-state index is 6.34. The fraction of sp³-hybridized carbons (Fsp3) is 0.294. The lowest BCUT2D eigenvalue weighted by Gasteiger charge is -2.18. The van der Waals surface area contributed by atoms with Gasteiger partial charge in [-0.25, -0.2) is 0 Å². The average molecular weight is 342 g/mol. The van der Waals surface area contributed by atoms with Crippen molar-refractivity contribution in [3.8, 4) is 0 Å². The van der Waals surface area contributed by atoms with E-state index in [1.807, 2.05) is 24.3 Å². The minimum Gasteiger partial charge on any atom is -0.324 e. The summed E-state index contributed by atoms with van der Waals surface area (Å²) in [4.78, 5) is 2.40. The third-order valence-corrected chi connectivity index (χ3v) is 4.44. The maximum Gasteiger partial charge on any atom is 0.0406 e. The molecule has 2 N–H and O–H groups in total. The van der Waals surface area contributed by atoms with Crippen molar-refractivity contribution >= 4 is 35.8 Å². The molecule has 114 valence electrons. The molecule has 0 fully saturated rings. The first-order valence-corrected chi connectivity index (χ1v) is 8.03. The van der Waals surface area contributed by atoms with E-state index in [1.54, 1.807) is 11.8 Å². The molecule has 2 aromatic carbocycles. The van der Waals surface area contributed by atoms with Gasteiger partial charge in [-0.1, -0.05) is 55.4 Å². The van der Waals surface area contributed by atoms with Crippen molar-refractivity contribution in [2.24, 2.45) is 11.7 Å². The van der Waals surface area contributed by atoms with Crippen molar-refractivity contribution in [3.05, 3.63) is 59.1 Å². The highest BCUT2D eigenvalue weighted by atomic mass is 35.5. The third-order valence-electron chi connectivity index (χ3n) is 3.09. The molecule has 0 radical (unpaired) electrons. The van der Waals surface area contributed by atoms with Gasteiger partial charge >= 0.3 is 0 Å². The molecule has 0 bridgehead atoms. The van der Waals surface area contributed by atoms with Gasteiger partial charge in [-0.05, 0) is 48.2 Å². The Morgan fingerprint density at radius 2 is 1.67 bits per heavy atom.